The van der Waals surface area contributed by atoms with E-state index >= 15 is 0 Å². The van der Waals surface area contributed by atoms with Gasteiger partial charge in [0, 0.05) is 17.7 Å². The van der Waals surface area contributed by atoms with Gasteiger partial charge in [0.2, 0.25) is 5.71 Å². The zero-order valence-electron chi connectivity index (χ0n) is 17.8. The topological polar surface area (TPSA) is 186 Å². The first-order chi connectivity index (χ1) is 16.3. The molecule has 2 aromatic rings. The highest BCUT2D eigenvalue weighted by molar-refractivity contribution is 8.01. The van der Waals surface area contributed by atoms with Gasteiger partial charge in [-0.15, -0.1) is 22.0 Å². The molecule has 2 aromatic heterocycles. The number of carboxylic acids is 1. The van der Waals surface area contributed by atoms with Gasteiger partial charge in [-0.2, -0.15) is 0 Å². The summed E-state index contributed by atoms with van der Waals surface area (Å²) < 4.78 is 0.718. The van der Waals surface area contributed by atoms with Crippen molar-refractivity contribution in [2.24, 2.45) is 5.16 Å². The third-order valence-corrected chi connectivity index (χ3v) is 8.10. The first kappa shape index (κ1) is 23.9. The second kappa shape index (κ2) is 9.94. The number of nitrogens with one attached hydrogen (secondary N) is 1. The third kappa shape index (κ3) is 4.69. The number of nitrogens with two attached hydrogens (primary N) is 1. The summed E-state index contributed by atoms with van der Waals surface area (Å²) in [6, 6.07) is 0.495. The lowest BCUT2D eigenvalue weighted by Crippen LogP contribution is -2.71. The number of nitrogens with zero attached hydrogens (tertiary/aromatic N) is 6. The average Bonchev–Trinajstić information content (AvgIpc) is 3.23. The lowest BCUT2D eigenvalue weighted by Gasteiger charge is -2.49. The lowest BCUT2D eigenvalue weighted by atomic mass is 10.0. The van der Waals surface area contributed by atoms with Crippen molar-refractivity contribution in [1.82, 2.24) is 30.4 Å². The zero-order chi connectivity index (χ0) is 24.4. The number of nitrogen functional groups attached to an aromatic ring is 1. The molecule has 2 aliphatic heterocycles. The van der Waals surface area contributed by atoms with Crippen molar-refractivity contribution in [3.63, 3.8) is 0 Å². The summed E-state index contributed by atoms with van der Waals surface area (Å²) in [7, 11) is 1.25. The van der Waals surface area contributed by atoms with E-state index in [0.717, 1.165) is 9.35 Å². The molecule has 4 N–H and O–H groups in total. The number of oxime groups is 1. The minimum absolute atomic E-state index is 0.0714. The molecule has 1 fully saturated rings. The maximum Gasteiger partial charge on any atom is 0.352 e. The molecule has 1 saturated heterocycles. The number of hydrogen-bond acceptors (Lipinski definition) is 13. The number of aromatic nitrogens is 4. The number of aryl methyl sites for hydroxylation is 1. The van der Waals surface area contributed by atoms with Crippen LogP contribution in [0.15, 0.2) is 33.0 Å². The van der Waals surface area contributed by atoms with Crippen molar-refractivity contribution in [1.29, 1.82) is 0 Å². The van der Waals surface area contributed by atoms with E-state index in [0.29, 0.717) is 17.1 Å². The summed E-state index contributed by atoms with van der Waals surface area (Å²) in [6.07, 6.45) is 1.36. The minimum atomic E-state index is -1.21. The number of β-lactam (4-membered cyclic amide) rings is 1. The highest BCUT2D eigenvalue weighted by Gasteiger charge is 2.54. The summed E-state index contributed by atoms with van der Waals surface area (Å²) in [5.41, 5.74) is 5.91. The number of carboxylic acid groups (broad SMARTS) is 1. The van der Waals surface area contributed by atoms with E-state index in [2.05, 4.69) is 30.6 Å². The Morgan fingerprint density at radius 2 is 2.24 bits per heavy atom. The van der Waals surface area contributed by atoms with Crippen molar-refractivity contribution in [2.75, 3.05) is 24.3 Å². The molecule has 4 heterocycles. The molecule has 0 bridgehead atoms. The van der Waals surface area contributed by atoms with Gasteiger partial charge in [0.05, 0.1) is 0 Å². The molecule has 0 saturated carbocycles. The Morgan fingerprint density at radius 1 is 1.44 bits per heavy atom. The molecule has 34 heavy (non-hydrogen) atoms. The van der Waals surface area contributed by atoms with Gasteiger partial charge in [0.25, 0.3) is 11.8 Å². The van der Waals surface area contributed by atoms with Crippen LogP contribution in [0.5, 0.6) is 0 Å². The molecular weight excluding hydrogens is 504 g/mol. The van der Waals surface area contributed by atoms with E-state index in [9.17, 15) is 19.5 Å². The fourth-order valence-corrected chi connectivity index (χ4v) is 6.55. The van der Waals surface area contributed by atoms with E-state index < -0.39 is 29.2 Å². The Bertz CT molecular complexity index is 1220. The highest BCUT2D eigenvalue weighted by Crippen LogP contribution is 2.41. The van der Waals surface area contributed by atoms with Crippen LogP contribution in [-0.4, -0.2) is 83.7 Å². The largest absolute Gasteiger partial charge is 0.477 e. The summed E-state index contributed by atoms with van der Waals surface area (Å²) in [5, 5.41) is 24.3. The summed E-state index contributed by atoms with van der Waals surface area (Å²) in [6.45, 7) is 1.83. The van der Waals surface area contributed by atoms with Crippen molar-refractivity contribution in [3.8, 4) is 0 Å². The second-order valence-corrected chi connectivity index (χ2v) is 10.4. The average molecular weight is 523 g/mol. The summed E-state index contributed by atoms with van der Waals surface area (Å²) in [4.78, 5) is 51.6. The quantitative estimate of drug-likeness (QED) is 0.184. The number of aliphatic carboxylic acids is 1. The number of carbonyl (C=O) groups excluding carboxylic acids is 2. The van der Waals surface area contributed by atoms with E-state index in [1.165, 1.54) is 59.1 Å². The van der Waals surface area contributed by atoms with Gasteiger partial charge in [0.1, 0.15) is 35.0 Å². The lowest BCUT2D eigenvalue weighted by molar-refractivity contribution is -0.150. The summed E-state index contributed by atoms with van der Waals surface area (Å²) in [5.74, 6) is -1.71. The first-order valence-corrected chi connectivity index (χ1v) is 12.5. The Balaban J connectivity index is 1.49. The number of hydrogen-bond donors (Lipinski definition) is 3. The number of carbonyl (C=O) groups is 3. The number of amides is 2. The molecule has 2 amide bonds. The fraction of sp³-hybridized carbons (Fsp3) is 0.333. The highest BCUT2D eigenvalue weighted by atomic mass is 32.2. The molecule has 0 aliphatic carbocycles. The Labute approximate surface area is 205 Å². The van der Waals surface area contributed by atoms with Crippen LogP contribution in [0.25, 0.3) is 0 Å². The smallest absolute Gasteiger partial charge is 0.352 e. The Hall–Kier alpha value is -3.24. The van der Waals surface area contributed by atoms with Gasteiger partial charge < -0.3 is 21.0 Å². The van der Waals surface area contributed by atoms with Gasteiger partial charge in [-0.25, -0.2) is 14.8 Å². The number of rotatable bonds is 8. The third-order valence-electron chi connectivity index (χ3n) is 4.70. The van der Waals surface area contributed by atoms with Crippen molar-refractivity contribution >= 4 is 64.2 Å². The van der Waals surface area contributed by atoms with Crippen LogP contribution in [0.1, 0.15) is 10.8 Å². The van der Waals surface area contributed by atoms with Crippen LogP contribution in [0.2, 0.25) is 0 Å². The van der Waals surface area contributed by atoms with E-state index in [1.807, 2.05) is 6.92 Å². The molecule has 178 valence electrons. The van der Waals surface area contributed by atoms with Crippen LogP contribution in [0.3, 0.4) is 0 Å². The fourth-order valence-electron chi connectivity index (χ4n) is 3.25. The van der Waals surface area contributed by atoms with Crippen LogP contribution in [0.4, 0.5) is 5.82 Å². The van der Waals surface area contributed by atoms with Crippen LogP contribution >= 0.6 is 34.9 Å². The van der Waals surface area contributed by atoms with Crippen molar-refractivity contribution < 1.29 is 24.3 Å². The molecule has 2 atom stereocenters. The first-order valence-electron chi connectivity index (χ1n) is 9.64. The van der Waals surface area contributed by atoms with Gasteiger partial charge >= 0.3 is 5.97 Å². The maximum atomic E-state index is 12.9. The molecule has 0 aromatic carbocycles. The zero-order valence-corrected chi connectivity index (χ0v) is 20.2. The summed E-state index contributed by atoms with van der Waals surface area (Å²) >= 11 is 4.14. The number of thioether (sulfide) groups is 2. The predicted molar refractivity (Wildman–Crippen MR) is 125 cm³/mol. The molecule has 1 unspecified atom stereocenters. The van der Waals surface area contributed by atoms with Crippen LogP contribution in [0, 0.1) is 6.92 Å². The van der Waals surface area contributed by atoms with Gasteiger partial charge in [-0.3, -0.25) is 14.5 Å². The van der Waals surface area contributed by atoms with E-state index in [-0.39, 0.29) is 23.1 Å². The van der Waals surface area contributed by atoms with Crippen LogP contribution in [-0.2, 0) is 19.2 Å². The monoisotopic (exact) mass is 522 g/mol. The molecule has 0 spiro atoms. The van der Waals surface area contributed by atoms with Gasteiger partial charge in [-0.05, 0) is 18.6 Å². The van der Waals surface area contributed by atoms with E-state index in [4.69, 9.17) is 10.6 Å². The predicted octanol–water partition coefficient (Wildman–Crippen LogP) is 0.100. The van der Waals surface area contributed by atoms with Crippen LogP contribution < -0.4 is 11.1 Å². The molecule has 0 radical (unpaired) electrons. The van der Waals surface area contributed by atoms with Crippen molar-refractivity contribution in [3.05, 3.63) is 34.4 Å². The minimum Gasteiger partial charge on any atom is -0.477 e. The maximum absolute atomic E-state index is 12.9. The standard InChI is InChI=1S/C18H18N8O5S3/c1-7-23-24-18(34-7)33-6-8-5-32-16-11(15(28)26(16)12(8)17(29)30)22-14(27)10(25-31-2)13-20-4-3-9(19)21-13/h3-4,11,16H,5-6H2,1-2H3,(H,22,27)(H,29,30)(H2,19,20,21)/b25-10-/t11?,16-/m1/s1. The van der Waals surface area contributed by atoms with Crippen molar-refractivity contribution in [2.45, 2.75) is 22.7 Å². The molecule has 4 rings (SSSR count). The van der Waals surface area contributed by atoms with Gasteiger partial charge in [-0.1, -0.05) is 28.3 Å². The Kier molecular flexibility index (Phi) is 6.99. The van der Waals surface area contributed by atoms with E-state index in [1.54, 1.807) is 0 Å². The van der Waals surface area contributed by atoms with Gasteiger partial charge in [0.15, 0.2) is 10.2 Å². The molecule has 16 heteroatoms. The second-order valence-electron chi connectivity index (χ2n) is 6.92. The Morgan fingerprint density at radius 3 is 2.88 bits per heavy atom. The molecule has 2 aliphatic rings. The normalized spacial score (nSPS) is 20.0. The number of fused-ring (bicyclic) bond motifs is 1. The SMILES string of the molecule is CO/N=C(\C(=O)NC1C(=O)N2C(C(=O)O)=C(CSc3nnc(C)s3)CS[C@H]12)c1nccc(N)n1. The molecular formula is C18H18N8O5S3. The number of anilines is 1. The molecule has 13 nitrogen and oxygen atoms in total.